The van der Waals surface area contributed by atoms with Gasteiger partial charge in [-0.3, -0.25) is 9.59 Å². The third-order valence-corrected chi connectivity index (χ3v) is 6.38. The van der Waals surface area contributed by atoms with Gasteiger partial charge >= 0.3 is 0 Å². The SMILES string of the molecule is CNC(=O)[C@H](Cc1ccccc1)N(Cc1ccc(Br)cc1)C(=O)CCc1ccc2c(c1)OCO2. The van der Waals surface area contributed by atoms with E-state index < -0.39 is 6.04 Å². The largest absolute Gasteiger partial charge is 0.454 e. The number of hydrogen-bond acceptors (Lipinski definition) is 4. The summed E-state index contributed by atoms with van der Waals surface area (Å²) < 4.78 is 11.8. The maximum absolute atomic E-state index is 13.6. The minimum absolute atomic E-state index is 0.0786. The van der Waals surface area contributed by atoms with Gasteiger partial charge in [0.2, 0.25) is 18.6 Å². The highest BCUT2D eigenvalue weighted by atomic mass is 79.9. The first-order valence-corrected chi connectivity index (χ1v) is 12.0. The summed E-state index contributed by atoms with van der Waals surface area (Å²) >= 11 is 3.46. The molecule has 1 atom stereocenters. The van der Waals surface area contributed by atoms with Gasteiger partial charge in [0.25, 0.3) is 0 Å². The number of benzene rings is 3. The summed E-state index contributed by atoms with van der Waals surface area (Å²) in [7, 11) is 1.61. The smallest absolute Gasteiger partial charge is 0.242 e. The molecule has 0 saturated carbocycles. The number of hydrogen-bond donors (Lipinski definition) is 1. The van der Waals surface area contributed by atoms with E-state index in [4.69, 9.17) is 9.47 Å². The molecule has 4 rings (SSSR count). The fourth-order valence-corrected chi connectivity index (χ4v) is 4.26. The monoisotopic (exact) mass is 522 g/mol. The highest BCUT2D eigenvalue weighted by Crippen LogP contribution is 2.33. The van der Waals surface area contributed by atoms with Crippen molar-refractivity contribution in [3.8, 4) is 11.5 Å². The van der Waals surface area contributed by atoms with Gasteiger partial charge in [-0.1, -0.05) is 64.5 Å². The molecular formula is C27H27BrN2O4. The Kier molecular flexibility index (Phi) is 7.85. The van der Waals surface area contributed by atoms with Crippen LogP contribution in [0.5, 0.6) is 11.5 Å². The molecular weight excluding hydrogens is 496 g/mol. The summed E-state index contributed by atoms with van der Waals surface area (Å²) in [5, 5.41) is 2.75. The molecule has 0 unspecified atom stereocenters. The van der Waals surface area contributed by atoms with Crippen molar-refractivity contribution in [3.05, 3.63) is 94.0 Å². The highest BCUT2D eigenvalue weighted by molar-refractivity contribution is 9.10. The van der Waals surface area contributed by atoms with E-state index in [1.165, 1.54) is 0 Å². The van der Waals surface area contributed by atoms with E-state index in [1.54, 1.807) is 11.9 Å². The average Bonchev–Trinajstić information content (AvgIpc) is 3.34. The fourth-order valence-electron chi connectivity index (χ4n) is 4.00. The van der Waals surface area contributed by atoms with Crippen LogP contribution in [0.15, 0.2) is 77.3 Å². The molecule has 0 bridgehead atoms. The Hall–Kier alpha value is -3.32. The molecule has 3 aromatic carbocycles. The van der Waals surface area contributed by atoms with Crippen LogP contribution in [0.3, 0.4) is 0 Å². The first-order valence-electron chi connectivity index (χ1n) is 11.2. The van der Waals surface area contributed by atoms with E-state index in [0.29, 0.717) is 25.1 Å². The lowest BCUT2D eigenvalue weighted by molar-refractivity contribution is -0.141. The van der Waals surface area contributed by atoms with Crippen LogP contribution in [-0.2, 0) is 29.0 Å². The van der Waals surface area contributed by atoms with Gasteiger partial charge < -0.3 is 19.7 Å². The first kappa shape index (κ1) is 23.8. The topological polar surface area (TPSA) is 67.9 Å². The lowest BCUT2D eigenvalue weighted by Gasteiger charge is -2.31. The van der Waals surface area contributed by atoms with Crippen molar-refractivity contribution in [2.75, 3.05) is 13.8 Å². The highest BCUT2D eigenvalue weighted by Gasteiger charge is 2.29. The molecule has 34 heavy (non-hydrogen) atoms. The summed E-state index contributed by atoms with van der Waals surface area (Å²) in [6, 6.07) is 22.7. The lowest BCUT2D eigenvalue weighted by Crippen LogP contribution is -2.49. The summed E-state index contributed by atoms with van der Waals surface area (Å²) in [5.74, 6) is 1.15. The molecule has 2 amide bonds. The normalized spacial score (nSPS) is 12.8. The zero-order valence-corrected chi connectivity index (χ0v) is 20.6. The number of likely N-dealkylation sites (N-methyl/N-ethyl adjacent to an activating group) is 1. The second-order valence-electron chi connectivity index (χ2n) is 8.16. The van der Waals surface area contributed by atoms with Gasteiger partial charge in [-0.2, -0.15) is 0 Å². The first-order chi connectivity index (χ1) is 16.5. The van der Waals surface area contributed by atoms with Crippen molar-refractivity contribution in [3.63, 3.8) is 0 Å². The van der Waals surface area contributed by atoms with Crippen LogP contribution in [0.25, 0.3) is 0 Å². The molecule has 0 fully saturated rings. The van der Waals surface area contributed by atoms with Crippen molar-refractivity contribution in [2.45, 2.75) is 31.8 Å². The number of rotatable bonds is 9. The molecule has 1 aliphatic rings. The van der Waals surface area contributed by atoms with Gasteiger partial charge in [-0.15, -0.1) is 0 Å². The van der Waals surface area contributed by atoms with Gasteiger partial charge in [0, 0.05) is 30.9 Å². The molecule has 1 aliphatic heterocycles. The third kappa shape index (κ3) is 5.97. The zero-order valence-electron chi connectivity index (χ0n) is 19.0. The van der Waals surface area contributed by atoms with Crippen LogP contribution >= 0.6 is 15.9 Å². The summed E-state index contributed by atoms with van der Waals surface area (Å²) in [4.78, 5) is 28.2. The lowest BCUT2D eigenvalue weighted by atomic mass is 10.0. The van der Waals surface area contributed by atoms with Crippen LogP contribution in [-0.4, -0.2) is 36.6 Å². The maximum atomic E-state index is 13.6. The summed E-state index contributed by atoms with van der Waals surface area (Å²) in [5.41, 5.74) is 2.95. The summed E-state index contributed by atoms with van der Waals surface area (Å²) in [6.45, 7) is 0.560. The Morgan fingerprint density at radius 1 is 0.941 bits per heavy atom. The van der Waals surface area contributed by atoms with Crippen LogP contribution in [0.4, 0.5) is 0 Å². The van der Waals surface area contributed by atoms with E-state index in [-0.39, 0.29) is 25.0 Å². The van der Waals surface area contributed by atoms with Gasteiger partial charge in [0.1, 0.15) is 6.04 Å². The number of aryl methyl sites for hydroxylation is 1. The number of nitrogens with one attached hydrogen (secondary N) is 1. The molecule has 176 valence electrons. The molecule has 1 heterocycles. The number of ether oxygens (including phenoxy) is 2. The molecule has 0 aliphatic carbocycles. The van der Waals surface area contributed by atoms with Gasteiger partial charge in [0.05, 0.1) is 0 Å². The Bertz CT molecular complexity index is 1140. The molecule has 0 spiro atoms. The second-order valence-corrected chi connectivity index (χ2v) is 9.07. The maximum Gasteiger partial charge on any atom is 0.242 e. The number of carbonyl (C=O) groups is 2. The van der Waals surface area contributed by atoms with Crippen molar-refractivity contribution >= 4 is 27.7 Å². The van der Waals surface area contributed by atoms with Gasteiger partial charge in [-0.05, 0) is 47.4 Å². The molecule has 0 aromatic heterocycles. The van der Waals surface area contributed by atoms with E-state index >= 15 is 0 Å². The minimum Gasteiger partial charge on any atom is -0.454 e. The predicted octanol–water partition coefficient (Wildman–Crippen LogP) is 4.50. The van der Waals surface area contributed by atoms with E-state index in [9.17, 15) is 9.59 Å². The molecule has 3 aromatic rings. The van der Waals surface area contributed by atoms with Crippen molar-refractivity contribution in [1.29, 1.82) is 0 Å². The average molecular weight is 523 g/mol. The van der Waals surface area contributed by atoms with Gasteiger partial charge in [-0.25, -0.2) is 0 Å². The zero-order chi connectivity index (χ0) is 23.9. The van der Waals surface area contributed by atoms with Crippen LogP contribution in [0.2, 0.25) is 0 Å². The molecule has 1 N–H and O–H groups in total. The number of amides is 2. The Balaban J connectivity index is 1.56. The summed E-state index contributed by atoms with van der Waals surface area (Å²) in [6.07, 6.45) is 1.25. The molecule has 7 heteroatoms. The standard InChI is InChI=1S/C27H27BrN2O4/c1-29-27(32)23(15-19-5-3-2-4-6-19)30(17-21-7-11-22(28)12-8-21)26(31)14-10-20-9-13-24-25(16-20)34-18-33-24/h2-9,11-13,16,23H,10,14-15,17-18H2,1H3,(H,29,32)/t23-/m0/s1. The number of fused-ring (bicyclic) bond motifs is 1. The van der Waals surface area contributed by atoms with E-state index in [0.717, 1.165) is 26.9 Å². The van der Waals surface area contributed by atoms with Crippen LogP contribution in [0.1, 0.15) is 23.1 Å². The number of halogens is 1. The molecule has 0 saturated heterocycles. The Morgan fingerprint density at radius 3 is 2.38 bits per heavy atom. The Labute approximate surface area is 208 Å². The number of carbonyl (C=O) groups excluding carboxylic acids is 2. The van der Waals surface area contributed by atoms with Gasteiger partial charge in [0.15, 0.2) is 11.5 Å². The number of nitrogens with zero attached hydrogens (tertiary/aromatic N) is 1. The third-order valence-electron chi connectivity index (χ3n) is 5.85. The van der Waals surface area contributed by atoms with E-state index in [1.807, 2.05) is 72.8 Å². The van der Waals surface area contributed by atoms with Crippen molar-refractivity contribution in [1.82, 2.24) is 10.2 Å². The minimum atomic E-state index is -0.625. The predicted molar refractivity (Wildman–Crippen MR) is 134 cm³/mol. The second kappa shape index (κ2) is 11.2. The molecule has 0 radical (unpaired) electrons. The molecule has 6 nitrogen and oxygen atoms in total. The quantitative estimate of drug-likeness (QED) is 0.449. The fraction of sp³-hybridized carbons (Fsp3) is 0.259. The van der Waals surface area contributed by atoms with Crippen LogP contribution in [0, 0.1) is 0 Å². The van der Waals surface area contributed by atoms with Crippen LogP contribution < -0.4 is 14.8 Å². The van der Waals surface area contributed by atoms with Crippen molar-refractivity contribution < 1.29 is 19.1 Å². The van der Waals surface area contributed by atoms with E-state index in [2.05, 4.69) is 21.2 Å². The van der Waals surface area contributed by atoms with Crippen molar-refractivity contribution in [2.24, 2.45) is 0 Å². The Morgan fingerprint density at radius 2 is 1.65 bits per heavy atom.